The minimum Gasteiger partial charge on any atom is -0.306 e. The van der Waals surface area contributed by atoms with Crippen LogP contribution in [-0.4, -0.2) is 22.1 Å². The molecule has 3 N–H and O–H groups in total. The molecule has 1 amide bonds. The summed E-state index contributed by atoms with van der Waals surface area (Å²) in [6.45, 7) is 0. The highest BCUT2D eigenvalue weighted by molar-refractivity contribution is 5.87. The molecule has 1 fully saturated rings. The quantitative estimate of drug-likeness (QED) is 0.465. The molecule has 2 aromatic carbocycles. The van der Waals surface area contributed by atoms with E-state index in [2.05, 4.69) is 20.5 Å². The number of amides is 1. The molecule has 1 aliphatic carbocycles. The highest BCUT2D eigenvalue weighted by atomic mass is 16.2. The van der Waals surface area contributed by atoms with Crippen LogP contribution in [-0.2, 0) is 10.2 Å². The Morgan fingerprint density at radius 3 is 2.18 bits per heavy atom. The summed E-state index contributed by atoms with van der Waals surface area (Å²) < 4.78 is 0. The third-order valence-corrected chi connectivity index (χ3v) is 5.01. The molecule has 0 bridgehead atoms. The number of H-pyrrole nitrogens is 2. The Balaban J connectivity index is 1.55. The Kier molecular flexibility index (Phi) is 4.49. The van der Waals surface area contributed by atoms with E-state index in [4.69, 9.17) is 0 Å². The topological polar surface area (TPSA) is 107 Å². The molecule has 1 heterocycles. The normalized spacial score (nSPS) is 17.4. The van der Waals surface area contributed by atoms with E-state index >= 15 is 0 Å². The van der Waals surface area contributed by atoms with Crippen molar-refractivity contribution >= 4 is 12.1 Å². The van der Waals surface area contributed by atoms with Crippen LogP contribution < -0.4 is 16.7 Å². The second-order valence-electron chi connectivity index (χ2n) is 6.74. The van der Waals surface area contributed by atoms with E-state index in [1.54, 1.807) is 0 Å². The lowest BCUT2D eigenvalue weighted by Crippen LogP contribution is -2.26. The maximum atomic E-state index is 12.7. The molecular formula is C21H18N4O3. The monoisotopic (exact) mass is 374 g/mol. The molecule has 1 aliphatic rings. The summed E-state index contributed by atoms with van der Waals surface area (Å²) in [7, 11) is 0. The zero-order chi connectivity index (χ0) is 19.6. The maximum absolute atomic E-state index is 12.7. The van der Waals surface area contributed by atoms with Gasteiger partial charge in [0.25, 0.3) is 5.56 Å². The lowest BCUT2D eigenvalue weighted by molar-refractivity contribution is -0.122. The number of hydrazone groups is 1. The molecule has 3 aromatic rings. The smallest absolute Gasteiger partial charge is 0.306 e. The average molecular weight is 374 g/mol. The molecule has 4 rings (SSSR count). The van der Waals surface area contributed by atoms with Crippen LogP contribution >= 0.6 is 0 Å². The number of hydrogen-bond acceptors (Lipinski definition) is 4. The van der Waals surface area contributed by atoms with Crippen LogP contribution in [0, 0.1) is 5.92 Å². The second kappa shape index (κ2) is 7.11. The molecule has 0 radical (unpaired) electrons. The Hall–Kier alpha value is -3.74. The average Bonchev–Trinajstić information content (AvgIpc) is 3.46. The van der Waals surface area contributed by atoms with Crippen molar-refractivity contribution in [3.63, 3.8) is 0 Å². The number of rotatable bonds is 5. The Bertz CT molecular complexity index is 1070. The van der Waals surface area contributed by atoms with Crippen LogP contribution in [0.2, 0.25) is 0 Å². The van der Waals surface area contributed by atoms with Gasteiger partial charge in [-0.15, -0.1) is 0 Å². The molecule has 1 saturated carbocycles. The fourth-order valence-electron chi connectivity index (χ4n) is 3.66. The van der Waals surface area contributed by atoms with Gasteiger partial charge in [-0.05, 0) is 17.5 Å². The van der Waals surface area contributed by atoms with Crippen molar-refractivity contribution in [1.29, 1.82) is 0 Å². The van der Waals surface area contributed by atoms with Crippen molar-refractivity contribution in [3.05, 3.63) is 104 Å². The summed E-state index contributed by atoms with van der Waals surface area (Å²) >= 11 is 0. The Morgan fingerprint density at radius 1 is 1.00 bits per heavy atom. The minimum atomic E-state index is -0.630. The second-order valence-corrected chi connectivity index (χ2v) is 6.74. The standard InChI is InChI=1S/C21H18N4O3/c26-18-11-16(23-20(28)24-18)13-22-25-19(27)17-12-21(17,14-7-3-1-4-8-14)15-9-5-2-6-10-15/h1-11,13,17H,12H2,(H,25,27)(H2,23,24,26,28)/b22-13-/t17-/m1/s1. The molecule has 0 aliphatic heterocycles. The first-order chi connectivity index (χ1) is 13.6. The van der Waals surface area contributed by atoms with Crippen molar-refractivity contribution in [1.82, 2.24) is 15.4 Å². The van der Waals surface area contributed by atoms with Crippen LogP contribution in [0.5, 0.6) is 0 Å². The van der Waals surface area contributed by atoms with Crippen molar-refractivity contribution in [2.24, 2.45) is 11.0 Å². The van der Waals surface area contributed by atoms with Crippen molar-refractivity contribution < 1.29 is 4.79 Å². The molecule has 0 saturated heterocycles. The lowest BCUT2D eigenvalue weighted by atomic mass is 9.85. The number of carbonyl (C=O) groups excluding carboxylic acids is 1. The third-order valence-electron chi connectivity index (χ3n) is 5.01. The van der Waals surface area contributed by atoms with Gasteiger partial charge in [-0.1, -0.05) is 60.7 Å². The third kappa shape index (κ3) is 3.29. The zero-order valence-electron chi connectivity index (χ0n) is 14.9. The van der Waals surface area contributed by atoms with Crippen molar-refractivity contribution in [2.45, 2.75) is 11.8 Å². The van der Waals surface area contributed by atoms with Crippen LogP contribution in [0.25, 0.3) is 0 Å². The molecule has 7 nitrogen and oxygen atoms in total. The first kappa shape index (κ1) is 17.7. The minimum absolute atomic E-state index is 0.210. The van der Waals surface area contributed by atoms with Gasteiger partial charge in [0.2, 0.25) is 5.91 Å². The number of aromatic amines is 2. The summed E-state index contributed by atoms with van der Waals surface area (Å²) in [4.78, 5) is 39.8. The largest absolute Gasteiger partial charge is 0.326 e. The maximum Gasteiger partial charge on any atom is 0.326 e. The lowest BCUT2D eigenvalue weighted by Gasteiger charge is -2.18. The highest BCUT2D eigenvalue weighted by Gasteiger charge is 2.60. The van der Waals surface area contributed by atoms with Crippen molar-refractivity contribution in [3.8, 4) is 0 Å². The molecule has 0 unspecified atom stereocenters. The van der Waals surface area contributed by atoms with Gasteiger partial charge in [0.05, 0.1) is 17.8 Å². The Morgan fingerprint density at radius 2 is 1.61 bits per heavy atom. The number of nitrogens with zero attached hydrogens (tertiary/aromatic N) is 1. The fraction of sp³-hybridized carbons (Fsp3) is 0.143. The van der Waals surface area contributed by atoms with E-state index in [1.165, 1.54) is 12.3 Å². The molecule has 140 valence electrons. The molecule has 7 heteroatoms. The van der Waals surface area contributed by atoms with Crippen molar-refractivity contribution in [2.75, 3.05) is 0 Å². The summed E-state index contributed by atoms with van der Waals surface area (Å²) in [5.41, 5.74) is 3.37. The molecular weight excluding hydrogens is 356 g/mol. The molecule has 1 aromatic heterocycles. The zero-order valence-corrected chi connectivity index (χ0v) is 14.9. The fourth-order valence-corrected chi connectivity index (χ4v) is 3.66. The number of nitrogens with one attached hydrogen (secondary N) is 3. The van der Waals surface area contributed by atoms with E-state index in [1.807, 2.05) is 60.7 Å². The van der Waals surface area contributed by atoms with E-state index in [0.717, 1.165) is 11.1 Å². The van der Waals surface area contributed by atoms with E-state index in [0.29, 0.717) is 6.42 Å². The van der Waals surface area contributed by atoms with E-state index in [-0.39, 0.29) is 22.9 Å². The van der Waals surface area contributed by atoms with Gasteiger partial charge in [0, 0.05) is 11.5 Å². The van der Waals surface area contributed by atoms with Gasteiger partial charge in [0.15, 0.2) is 0 Å². The number of hydrogen-bond donors (Lipinski definition) is 3. The van der Waals surface area contributed by atoms with Crippen LogP contribution in [0.3, 0.4) is 0 Å². The summed E-state index contributed by atoms with van der Waals surface area (Å²) in [6, 6.07) is 21.1. The van der Waals surface area contributed by atoms with Crippen LogP contribution in [0.1, 0.15) is 23.2 Å². The predicted octanol–water partition coefficient (Wildman–Crippen LogP) is 1.52. The molecule has 28 heavy (non-hydrogen) atoms. The van der Waals surface area contributed by atoms with E-state index in [9.17, 15) is 14.4 Å². The van der Waals surface area contributed by atoms with Crippen LogP contribution in [0.15, 0.2) is 81.4 Å². The van der Waals surface area contributed by atoms with Gasteiger partial charge in [-0.2, -0.15) is 5.10 Å². The van der Waals surface area contributed by atoms with Gasteiger partial charge < -0.3 is 4.98 Å². The summed E-state index contributed by atoms with van der Waals surface area (Å²) in [6.07, 6.45) is 1.92. The van der Waals surface area contributed by atoms with Crippen LogP contribution in [0.4, 0.5) is 0 Å². The first-order valence-electron chi connectivity index (χ1n) is 8.87. The molecule has 1 atom stereocenters. The van der Waals surface area contributed by atoms with Gasteiger partial charge in [0.1, 0.15) is 0 Å². The number of benzene rings is 2. The number of aromatic nitrogens is 2. The predicted molar refractivity (Wildman–Crippen MR) is 105 cm³/mol. The summed E-state index contributed by atoms with van der Waals surface area (Å²) in [5, 5.41) is 3.89. The number of carbonyl (C=O) groups is 1. The SMILES string of the molecule is O=C(N/N=C\c1cc(=O)[nH]c(=O)[nH]1)[C@H]1CC1(c1ccccc1)c1ccccc1. The first-order valence-corrected chi connectivity index (χ1v) is 8.87. The van der Waals surface area contributed by atoms with Gasteiger partial charge >= 0.3 is 5.69 Å². The van der Waals surface area contributed by atoms with Gasteiger partial charge in [-0.3, -0.25) is 14.6 Å². The van der Waals surface area contributed by atoms with E-state index < -0.39 is 11.2 Å². The highest BCUT2D eigenvalue weighted by Crippen LogP contribution is 2.58. The molecule has 0 spiro atoms. The van der Waals surface area contributed by atoms with Gasteiger partial charge in [-0.25, -0.2) is 10.2 Å². The summed E-state index contributed by atoms with van der Waals surface area (Å²) in [5.74, 6) is -0.469. The Labute approximate surface area is 160 Å².